The number of rotatable bonds is 11. The zero-order chi connectivity index (χ0) is 20.5. The highest BCUT2D eigenvalue weighted by Gasteiger charge is 2.11. The molecule has 1 heterocycles. The Labute approximate surface area is 172 Å². The zero-order valence-electron chi connectivity index (χ0n) is 17.4. The SMILES string of the molecule is CNCCN(C)Cc1c[nH]nc1-c1ccc(OCCOc2ccc(C)cc2)cc1. The quantitative estimate of drug-likeness (QED) is 0.488. The van der Waals surface area contributed by atoms with Crippen molar-refractivity contribution in [1.82, 2.24) is 20.4 Å². The Kier molecular flexibility index (Phi) is 7.67. The molecule has 2 aromatic carbocycles. The molecular formula is C23H30N4O2. The second kappa shape index (κ2) is 10.6. The van der Waals surface area contributed by atoms with Crippen LogP contribution in [0, 0.1) is 6.92 Å². The zero-order valence-corrected chi connectivity index (χ0v) is 17.4. The Morgan fingerprint density at radius 2 is 1.59 bits per heavy atom. The van der Waals surface area contributed by atoms with Gasteiger partial charge in [0.05, 0.1) is 5.69 Å². The van der Waals surface area contributed by atoms with Gasteiger partial charge < -0.3 is 19.7 Å². The molecule has 0 amide bonds. The summed E-state index contributed by atoms with van der Waals surface area (Å²) >= 11 is 0. The predicted octanol–water partition coefficient (Wildman–Crippen LogP) is 3.49. The molecule has 29 heavy (non-hydrogen) atoms. The van der Waals surface area contributed by atoms with E-state index in [1.54, 1.807) is 0 Å². The van der Waals surface area contributed by atoms with E-state index in [0.29, 0.717) is 13.2 Å². The molecule has 6 nitrogen and oxygen atoms in total. The van der Waals surface area contributed by atoms with Gasteiger partial charge in [-0.25, -0.2) is 0 Å². The Morgan fingerprint density at radius 3 is 2.21 bits per heavy atom. The van der Waals surface area contributed by atoms with Crippen LogP contribution in [0.3, 0.4) is 0 Å². The highest BCUT2D eigenvalue weighted by atomic mass is 16.5. The van der Waals surface area contributed by atoms with Crippen molar-refractivity contribution < 1.29 is 9.47 Å². The molecule has 0 bridgehead atoms. The van der Waals surface area contributed by atoms with Gasteiger partial charge in [0.1, 0.15) is 24.7 Å². The molecular weight excluding hydrogens is 364 g/mol. The van der Waals surface area contributed by atoms with Crippen LogP contribution in [0.5, 0.6) is 11.5 Å². The standard InChI is InChI=1S/C23H30N4O2/c1-18-4-8-21(9-5-18)28-14-15-29-22-10-6-19(7-11-22)23-20(16-25-26-23)17-27(3)13-12-24-2/h4-11,16,24H,12-15,17H2,1-3H3,(H,25,26). The van der Waals surface area contributed by atoms with Gasteiger partial charge in [0, 0.05) is 37.0 Å². The van der Waals surface area contributed by atoms with E-state index in [9.17, 15) is 0 Å². The summed E-state index contributed by atoms with van der Waals surface area (Å²) in [6.07, 6.45) is 1.97. The molecule has 0 radical (unpaired) electrons. The number of ether oxygens (including phenoxy) is 2. The van der Waals surface area contributed by atoms with Crippen LogP contribution in [-0.2, 0) is 6.54 Å². The molecule has 0 aliphatic heterocycles. The van der Waals surface area contributed by atoms with Crippen molar-refractivity contribution in [2.75, 3.05) is 40.4 Å². The Hall–Kier alpha value is -2.83. The summed E-state index contributed by atoms with van der Waals surface area (Å²) in [4.78, 5) is 2.27. The van der Waals surface area contributed by atoms with Gasteiger partial charge in [-0.3, -0.25) is 5.10 Å². The summed E-state index contributed by atoms with van der Waals surface area (Å²) in [7, 11) is 4.08. The molecule has 154 valence electrons. The van der Waals surface area contributed by atoms with Gasteiger partial charge in [0.2, 0.25) is 0 Å². The van der Waals surface area contributed by atoms with Crippen molar-refractivity contribution in [3.8, 4) is 22.8 Å². The number of aryl methyl sites for hydroxylation is 1. The predicted molar refractivity (Wildman–Crippen MR) is 116 cm³/mol. The monoisotopic (exact) mass is 394 g/mol. The highest BCUT2D eigenvalue weighted by Crippen LogP contribution is 2.24. The maximum atomic E-state index is 5.79. The number of nitrogens with zero attached hydrogens (tertiary/aromatic N) is 2. The highest BCUT2D eigenvalue weighted by molar-refractivity contribution is 5.63. The first-order chi connectivity index (χ1) is 14.2. The fourth-order valence-electron chi connectivity index (χ4n) is 3.02. The maximum absolute atomic E-state index is 5.79. The van der Waals surface area contributed by atoms with E-state index < -0.39 is 0 Å². The van der Waals surface area contributed by atoms with Crippen LogP contribution in [0.1, 0.15) is 11.1 Å². The lowest BCUT2D eigenvalue weighted by Crippen LogP contribution is -2.26. The average Bonchev–Trinajstić information content (AvgIpc) is 3.19. The molecule has 0 saturated carbocycles. The number of hydrogen-bond acceptors (Lipinski definition) is 5. The maximum Gasteiger partial charge on any atom is 0.122 e. The largest absolute Gasteiger partial charge is 0.490 e. The number of benzene rings is 2. The minimum atomic E-state index is 0.497. The molecule has 3 rings (SSSR count). The van der Waals surface area contributed by atoms with Gasteiger partial charge in [-0.1, -0.05) is 17.7 Å². The molecule has 0 spiro atoms. The molecule has 2 N–H and O–H groups in total. The van der Waals surface area contributed by atoms with Gasteiger partial charge in [-0.05, 0) is 57.4 Å². The van der Waals surface area contributed by atoms with Gasteiger partial charge in [0.25, 0.3) is 0 Å². The van der Waals surface area contributed by atoms with Crippen molar-refractivity contribution in [2.24, 2.45) is 0 Å². The average molecular weight is 395 g/mol. The number of aromatic nitrogens is 2. The smallest absolute Gasteiger partial charge is 0.122 e. The van der Waals surface area contributed by atoms with Gasteiger partial charge >= 0.3 is 0 Å². The van der Waals surface area contributed by atoms with Gasteiger partial charge in [0.15, 0.2) is 0 Å². The third-order valence-electron chi connectivity index (χ3n) is 4.67. The second-order valence-corrected chi connectivity index (χ2v) is 7.13. The fraction of sp³-hybridized carbons (Fsp3) is 0.348. The van der Waals surface area contributed by atoms with Crippen molar-refractivity contribution in [2.45, 2.75) is 13.5 Å². The number of likely N-dealkylation sites (N-methyl/N-ethyl adjacent to an activating group) is 2. The normalized spacial score (nSPS) is 11.0. The molecule has 3 aromatic rings. The lowest BCUT2D eigenvalue weighted by molar-refractivity contribution is 0.217. The lowest BCUT2D eigenvalue weighted by atomic mass is 10.1. The molecule has 6 heteroatoms. The number of hydrogen-bond donors (Lipinski definition) is 2. The van der Waals surface area contributed by atoms with Crippen LogP contribution in [0.25, 0.3) is 11.3 Å². The Morgan fingerprint density at radius 1 is 0.966 bits per heavy atom. The number of H-pyrrole nitrogens is 1. The van der Waals surface area contributed by atoms with E-state index in [0.717, 1.165) is 42.4 Å². The summed E-state index contributed by atoms with van der Waals surface area (Å²) in [5, 5.41) is 10.6. The molecule has 0 fully saturated rings. The number of aromatic amines is 1. The molecule has 0 aliphatic rings. The third kappa shape index (κ3) is 6.34. The van der Waals surface area contributed by atoms with Crippen molar-refractivity contribution >= 4 is 0 Å². The minimum Gasteiger partial charge on any atom is -0.490 e. The first-order valence-electron chi connectivity index (χ1n) is 9.94. The summed E-state index contributed by atoms with van der Waals surface area (Å²) < 4.78 is 11.5. The van der Waals surface area contributed by atoms with E-state index in [1.165, 1.54) is 11.1 Å². The topological polar surface area (TPSA) is 62.4 Å². The molecule has 0 atom stereocenters. The van der Waals surface area contributed by atoms with Crippen LogP contribution >= 0.6 is 0 Å². The van der Waals surface area contributed by atoms with E-state index in [2.05, 4.69) is 34.4 Å². The summed E-state index contributed by atoms with van der Waals surface area (Å²) in [5.74, 6) is 1.68. The molecule has 0 aliphatic carbocycles. The lowest BCUT2D eigenvalue weighted by Gasteiger charge is -2.16. The van der Waals surface area contributed by atoms with E-state index in [4.69, 9.17) is 9.47 Å². The van der Waals surface area contributed by atoms with Crippen LogP contribution in [0.4, 0.5) is 0 Å². The van der Waals surface area contributed by atoms with Crippen molar-refractivity contribution in [3.05, 3.63) is 65.9 Å². The summed E-state index contributed by atoms with van der Waals surface area (Å²) in [5.41, 5.74) is 4.46. The Bertz CT molecular complexity index is 859. The van der Waals surface area contributed by atoms with Gasteiger partial charge in [-0.2, -0.15) is 5.10 Å². The van der Waals surface area contributed by atoms with E-state index >= 15 is 0 Å². The first kappa shape index (κ1) is 20.9. The van der Waals surface area contributed by atoms with Crippen LogP contribution in [0.2, 0.25) is 0 Å². The minimum absolute atomic E-state index is 0.497. The van der Waals surface area contributed by atoms with Crippen LogP contribution in [-0.4, -0.2) is 55.5 Å². The molecule has 1 aromatic heterocycles. The fourth-order valence-corrected chi connectivity index (χ4v) is 3.02. The van der Waals surface area contributed by atoms with E-state index in [-0.39, 0.29) is 0 Å². The summed E-state index contributed by atoms with van der Waals surface area (Å²) in [6, 6.07) is 16.1. The molecule has 0 unspecified atom stereocenters. The van der Waals surface area contributed by atoms with E-state index in [1.807, 2.05) is 61.8 Å². The van der Waals surface area contributed by atoms with Crippen molar-refractivity contribution in [1.29, 1.82) is 0 Å². The molecule has 0 saturated heterocycles. The Balaban J connectivity index is 1.50. The first-order valence-corrected chi connectivity index (χ1v) is 9.94. The van der Waals surface area contributed by atoms with Crippen LogP contribution in [0.15, 0.2) is 54.7 Å². The van der Waals surface area contributed by atoms with Crippen LogP contribution < -0.4 is 14.8 Å². The third-order valence-corrected chi connectivity index (χ3v) is 4.67. The van der Waals surface area contributed by atoms with Gasteiger partial charge in [-0.15, -0.1) is 0 Å². The second-order valence-electron chi connectivity index (χ2n) is 7.13. The number of nitrogens with one attached hydrogen (secondary N) is 2. The summed E-state index contributed by atoms with van der Waals surface area (Å²) in [6.45, 7) is 5.86. The van der Waals surface area contributed by atoms with Crippen molar-refractivity contribution in [3.63, 3.8) is 0 Å².